The second-order valence-electron chi connectivity index (χ2n) is 3.93. The summed E-state index contributed by atoms with van der Waals surface area (Å²) in [6, 6.07) is 9.51. The van der Waals surface area contributed by atoms with Crippen LogP contribution in [0.15, 0.2) is 30.3 Å². The van der Waals surface area contributed by atoms with Gasteiger partial charge in [0.25, 0.3) is 0 Å². The van der Waals surface area contributed by atoms with Gasteiger partial charge in [0.1, 0.15) is 0 Å². The Morgan fingerprint density at radius 2 is 2.06 bits per heavy atom. The van der Waals surface area contributed by atoms with E-state index in [4.69, 9.17) is 0 Å². The van der Waals surface area contributed by atoms with Gasteiger partial charge < -0.3 is 10.6 Å². The van der Waals surface area contributed by atoms with Crippen molar-refractivity contribution < 1.29 is 4.79 Å². The topological polar surface area (TPSA) is 41.1 Å². The number of rotatable bonds is 7. The van der Waals surface area contributed by atoms with Crippen LogP contribution in [0, 0.1) is 0 Å². The Morgan fingerprint density at radius 3 is 2.71 bits per heavy atom. The van der Waals surface area contributed by atoms with Crippen molar-refractivity contribution in [3.05, 3.63) is 30.3 Å². The van der Waals surface area contributed by atoms with Crippen molar-refractivity contribution in [2.45, 2.75) is 18.6 Å². The smallest absolute Gasteiger partial charge is 0.238 e. The fraction of sp³-hybridized carbons (Fsp3) is 0.462. The summed E-state index contributed by atoms with van der Waals surface area (Å²) in [5.74, 6) is 0.00741. The van der Waals surface area contributed by atoms with E-state index in [-0.39, 0.29) is 5.91 Å². The molecule has 0 aliphatic rings. The van der Waals surface area contributed by atoms with E-state index in [0.29, 0.717) is 11.8 Å². The maximum Gasteiger partial charge on any atom is 0.238 e. The SMILES string of the molecule is CSC(C)CCNCC(=O)Nc1ccccc1. The summed E-state index contributed by atoms with van der Waals surface area (Å²) in [4.78, 5) is 11.5. The maximum absolute atomic E-state index is 11.5. The Hall–Kier alpha value is -1.00. The highest BCUT2D eigenvalue weighted by Gasteiger charge is 2.02. The summed E-state index contributed by atoms with van der Waals surface area (Å²) in [5.41, 5.74) is 0.844. The van der Waals surface area contributed by atoms with Crippen molar-refractivity contribution in [2.75, 3.05) is 24.7 Å². The van der Waals surface area contributed by atoms with Gasteiger partial charge in [0.15, 0.2) is 0 Å². The molecule has 0 heterocycles. The molecule has 0 bridgehead atoms. The molecule has 1 aromatic rings. The van der Waals surface area contributed by atoms with Gasteiger partial charge in [-0.1, -0.05) is 25.1 Å². The van der Waals surface area contributed by atoms with E-state index in [0.717, 1.165) is 18.7 Å². The zero-order valence-electron chi connectivity index (χ0n) is 10.4. The van der Waals surface area contributed by atoms with Gasteiger partial charge in [-0.2, -0.15) is 11.8 Å². The van der Waals surface area contributed by atoms with E-state index in [1.165, 1.54) is 0 Å². The molecule has 17 heavy (non-hydrogen) atoms. The van der Waals surface area contributed by atoms with Crippen molar-refractivity contribution in [3.63, 3.8) is 0 Å². The first-order valence-corrected chi connectivity index (χ1v) is 7.09. The van der Waals surface area contributed by atoms with Crippen LogP contribution >= 0.6 is 11.8 Å². The fourth-order valence-corrected chi connectivity index (χ4v) is 1.71. The Balaban J connectivity index is 2.14. The van der Waals surface area contributed by atoms with Crippen LogP contribution in [0.3, 0.4) is 0 Å². The number of hydrogen-bond donors (Lipinski definition) is 2. The number of benzene rings is 1. The molecule has 1 aromatic carbocycles. The van der Waals surface area contributed by atoms with Crippen molar-refractivity contribution in [1.29, 1.82) is 0 Å². The van der Waals surface area contributed by atoms with Gasteiger partial charge in [0.05, 0.1) is 6.54 Å². The van der Waals surface area contributed by atoms with Crippen LogP contribution in [0.2, 0.25) is 0 Å². The molecule has 0 radical (unpaired) electrons. The highest BCUT2D eigenvalue weighted by atomic mass is 32.2. The first kappa shape index (κ1) is 14.1. The van der Waals surface area contributed by atoms with Crippen LogP contribution in [0.5, 0.6) is 0 Å². The molecule has 0 aliphatic carbocycles. The highest BCUT2D eigenvalue weighted by molar-refractivity contribution is 7.99. The van der Waals surface area contributed by atoms with Crippen molar-refractivity contribution in [3.8, 4) is 0 Å². The molecule has 94 valence electrons. The summed E-state index contributed by atoms with van der Waals surface area (Å²) >= 11 is 1.85. The third-order valence-electron chi connectivity index (χ3n) is 2.47. The monoisotopic (exact) mass is 252 g/mol. The van der Waals surface area contributed by atoms with Gasteiger partial charge in [-0.15, -0.1) is 0 Å². The Morgan fingerprint density at radius 1 is 1.35 bits per heavy atom. The van der Waals surface area contributed by atoms with Gasteiger partial charge in [-0.05, 0) is 31.4 Å². The molecular formula is C13H20N2OS. The lowest BCUT2D eigenvalue weighted by molar-refractivity contribution is -0.115. The molecule has 1 unspecified atom stereocenters. The maximum atomic E-state index is 11.5. The van der Waals surface area contributed by atoms with E-state index >= 15 is 0 Å². The van der Waals surface area contributed by atoms with E-state index in [9.17, 15) is 4.79 Å². The predicted molar refractivity (Wildman–Crippen MR) is 75.5 cm³/mol. The van der Waals surface area contributed by atoms with Gasteiger partial charge in [-0.25, -0.2) is 0 Å². The number of carbonyl (C=O) groups excluding carboxylic acids is 1. The third kappa shape index (κ3) is 6.34. The predicted octanol–water partition coefficient (Wildman–Crippen LogP) is 2.36. The van der Waals surface area contributed by atoms with Crippen LogP contribution in [0.25, 0.3) is 0 Å². The number of anilines is 1. The van der Waals surface area contributed by atoms with Crippen LogP contribution in [-0.2, 0) is 4.79 Å². The molecule has 0 aromatic heterocycles. The van der Waals surface area contributed by atoms with Crippen molar-refractivity contribution >= 4 is 23.4 Å². The average Bonchev–Trinajstić information content (AvgIpc) is 2.35. The molecule has 0 saturated heterocycles. The lowest BCUT2D eigenvalue weighted by Crippen LogP contribution is -2.29. The summed E-state index contributed by atoms with van der Waals surface area (Å²) in [7, 11) is 0. The van der Waals surface area contributed by atoms with Crippen LogP contribution in [0.4, 0.5) is 5.69 Å². The van der Waals surface area contributed by atoms with Gasteiger partial charge in [0, 0.05) is 10.9 Å². The molecule has 0 saturated carbocycles. The van der Waals surface area contributed by atoms with E-state index in [2.05, 4.69) is 23.8 Å². The first-order valence-electron chi connectivity index (χ1n) is 5.81. The van der Waals surface area contributed by atoms with Crippen molar-refractivity contribution in [1.82, 2.24) is 5.32 Å². The third-order valence-corrected chi connectivity index (χ3v) is 3.51. The molecule has 0 aliphatic heterocycles. The summed E-state index contributed by atoms with van der Waals surface area (Å²) in [6.07, 6.45) is 3.19. The van der Waals surface area contributed by atoms with Crippen LogP contribution < -0.4 is 10.6 Å². The Bertz CT molecular complexity index is 329. The molecular weight excluding hydrogens is 232 g/mol. The van der Waals surface area contributed by atoms with E-state index in [1.807, 2.05) is 42.1 Å². The number of carbonyl (C=O) groups is 1. The molecule has 0 spiro atoms. The second-order valence-corrected chi connectivity index (χ2v) is 5.20. The Kier molecular flexibility index (Phi) is 6.74. The Labute approximate surface area is 107 Å². The van der Waals surface area contributed by atoms with Gasteiger partial charge in [-0.3, -0.25) is 4.79 Å². The lowest BCUT2D eigenvalue weighted by Gasteiger charge is -2.09. The standard InChI is InChI=1S/C13H20N2OS/c1-11(17-2)8-9-14-10-13(16)15-12-6-4-3-5-7-12/h3-7,11,14H,8-10H2,1-2H3,(H,15,16). The number of nitrogens with one attached hydrogen (secondary N) is 2. The number of para-hydroxylation sites is 1. The second kappa shape index (κ2) is 8.14. The molecule has 1 amide bonds. The minimum atomic E-state index is 0.00741. The number of amides is 1. The molecule has 1 rings (SSSR count). The van der Waals surface area contributed by atoms with Gasteiger partial charge in [0.2, 0.25) is 5.91 Å². The van der Waals surface area contributed by atoms with Crippen LogP contribution in [-0.4, -0.2) is 30.5 Å². The van der Waals surface area contributed by atoms with Crippen molar-refractivity contribution in [2.24, 2.45) is 0 Å². The largest absolute Gasteiger partial charge is 0.325 e. The first-order chi connectivity index (χ1) is 8.22. The lowest BCUT2D eigenvalue weighted by atomic mass is 10.3. The summed E-state index contributed by atoms with van der Waals surface area (Å²) in [5, 5.41) is 6.62. The number of hydrogen-bond acceptors (Lipinski definition) is 3. The molecule has 4 heteroatoms. The van der Waals surface area contributed by atoms with E-state index in [1.54, 1.807) is 0 Å². The summed E-state index contributed by atoms with van der Waals surface area (Å²) in [6.45, 7) is 3.44. The minimum Gasteiger partial charge on any atom is -0.325 e. The van der Waals surface area contributed by atoms with Crippen LogP contribution in [0.1, 0.15) is 13.3 Å². The zero-order valence-corrected chi connectivity index (χ0v) is 11.2. The zero-order chi connectivity index (χ0) is 12.5. The highest BCUT2D eigenvalue weighted by Crippen LogP contribution is 2.08. The molecule has 0 fully saturated rings. The molecule has 2 N–H and O–H groups in total. The average molecular weight is 252 g/mol. The molecule has 3 nitrogen and oxygen atoms in total. The van der Waals surface area contributed by atoms with E-state index < -0.39 is 0 Å². The minimum absolute atomic E-state index is 0.00741. The fourth-order valence-electron chi connectivity index (χ4n) is 1.35. The molecule has 1 atom stereocenters. The van der Waals surface area contributed by atoms with Gasteiger partial charge >= 0.3 is 0 Å². The quantitative estimate of drug-likeness (QED) is 0.732. The number of thioether (sulfide) groups is 1. The summed E-state index contributed by atoms with van der Waals surface area (Å²) < 4.78 is 0. The normalized spacial score (nSPS) is 12.1.